The van der Waals surface area contributed by atoms with Gasteiger partial charge in [0.05, 0.1) is 19.7 Å². The van der Waals surface area contributed by atoms with Crippen molar-refractivity contribution in [2.24, 2.45) is 0 Å². The molecule has 102 heavy (non-hydrogen) atoms. The Balaban J connectivity index is 0.000000464. The number of nitrogens with zero attached hydrogens (tertiary/aromatic N) is 7. The van der Waals surface area contributed by atoms with Crippen LogP contribution in [0.5, 0.6) is 23.0 Å². The molecule has 2 aromatic heterocycles. The molecule has 0 spiro atoms. The fourth-order valence-corrected chi connectivity index (χ4v) is 6.97. The minimum absolute atomic E-state index is 0.0900. The number of hydrogen-bond acceptors (Lipinski definition) is 28. The van der Waals surface area contributed by atoms with Crippen LogP contribution >= 0.6 is 0 Å². The van der Waals surface area contributed by atoms with E-state index in [2.05, 4.69) is 31.1 Å². The van der Waals surface area contributed by atoms with Gasteiger partial charge >= 0.3 is 71.0 Å². The number of amides is 4. The van der Waals surface area contributed by atoms with Crippen LogP contribution in [0.1, 0.15) is 94.5 Å². The van der Waals surface area contributed by atoms with Crippen molar-refractivity contribution in [3.63, 3.8) is 0 Å². The number of ether oxygens (including phenoxy) is 8. The van der Waals surface area contributed by atoms with E-state index in [4.69, 9.17) is 57.6 Å². The van der Waals surface area contributed by atoms with Crippen molar-refractivity contribution in [1.29, 1.82) is 0 Å². The van der Waals surface area contributed by atoms with Gasteiger partial charge in [-0.2, -0.15) is 8.78 Å². The molecule has 40 nitrogen and oxygen atoms in total. The molecule has 0 fully saturated rings. The van der Waals surface area contributed by atoms with Crippen LogP contribution in [0.2, 0.25) is 0 Å². The lowest BCUT2D eigenvalue weighted by molar-refractivity contribution is -0.388. The van der Waals surface area contributed by atoms with Crippen LogP contribution in [-0.2, 0) is 38.1 Å². The Kier molecular flexibility index (Phi) is 31.4. The smallest absolute Gasteiger partial charge is 0.408 e. The zero-order valence-electron chi connectivity index (χ0n) is 56.7. The number of pyridine rings is 1. The van der Waals surface area contributed by atoms with Crippen LogP contribution in [-0.4, -0.2) is 177 Å². The highest BCUT2D eigenvalue weighted by Gasteiger charge is 2.33. The summed E-state index contributed by atoms with van der Waals surface area (Å²) in [5.41, 5.74) is -5.60. The Morgan fingerprint density at radius 1 is 0.471 bits per heavy atom. The molecule has 0 saturated carbocycles. The number of aryl methyl sites for hydroxylation is 2. The van der Waals surface area contributed by atoms with E-state index in [0.717, 1.165) is 12.3 Å². The Hall–Kier alpha value is -12.5. The first-order chi connectivity index (χ1) is 46.9. The maximum Gasteiger partial charge on any atom is 0.408 e. The van der Waals surface area contributed by atoms with E-state index in [1.54, 1.807) is 90.0 Å². The summed E-state index contributed by atoms with van der Waals surface area (Å²) in [6, 6.07) is 1.98. The summed E-state index contributed by atoms with van der Waals surface area (Å²) in [6.45, 7) is 19.7. The number of aliphatic carboxylic acids is 4. The molecule has 0 aliphatic rings. The number of hydrogen-bond donors (Lipinski definition) is 8. The molecule has 43 heteroatoms. The van der Waals surface area contributed by atoms with Crippen molar-refractivity contribution >= 4 is 71.0 Å². The quantitative estimate of drug-likeness (QED) is 0.0155. The lowest BCUT2D eigenvalue weighted by Crippen LogP contribution is -2.46. The van der Waals surface area contributed by atoms with E-state index >= 15 is 0 Å². The van der Waals surface area contributed by atoms with Crippen molar-refractivity contribution in [2.45, 2.75) is 144 Å². The number of halogens is 3. The number of aromatic nitrogens is 3. The summed E-state index contributed by atoms with van der Waals surface area (Å²) in [4.78, 5) is 136. The maximum atomic E-state index is 13.7. The van der Waals surface area contributed by atoms with Gasteiger partial charge in [0.2, 0.25) is 34.9 Å². The SMILES string of the molecule is CC(C)(C)OC(=O)N[C@@H](COc1cc(F)cc(F)c1[N+](=O)[O-])C(=O)O.CC(C)(C)OC(=O)N[C@@H](COc1ccncc1[N+](=O)[O-])C(=O)O.Cc1cc(F)c([N+](=O)[O-])c(OC[C@H](NC(=O)OC(C)(C)C)C(=O)O)c1.Cc1nnc(-c2ccc(OC[C@H](NC(=O)OC(C)(C)C)C(=O)O)c([N+](=O)[O-])c2)o1. The third kappa shape index (κ3) is 31.4. The molecule has 0 aliphatic heterocycles. The second-order valence-electron chi connectivity index (χ2n) is 24.4. The number of benzene rings is 3. The van der Waals surface area contributed by atoms with Crippen LogP contribution in [0.15, 0.2) is 65.3 Å². The number of nitrogens with one attached hydrogen (secondary N) is 4. The predicted molar refractivity (Wildman–Crippen MR) is 338 cm³/mol. The van der Waals surface area contributed by atoms with Crippen LogP contribution in [0, 0.1) is 71.8 Å². The zero-order valence-corrected chi connectivity index (χ0v) is 56.7. The third-order valence-electron chi connectivity index (χ3n) is 11.0. The van der Waals surface area contributed by atoms with Crippen LogP contribution in [0.25, 0.3) is 11.5 Å². The molecule has 558 valence electrons. The molecule has 4 atom stereocenters. The van der Waals surface area contributed by atoms with E-state index in [9.17, 15) is 97.1 Å². The Bertz CT molecular complexity index is 3750. The number of carboxylic acid groups (broad SMARTS) is 4. The van der Waals surface area contributed by atoms with Crippen molar-refractivity contribution in [1.82, 2.24) is 36.4 Å². The van der Waals surface area contributed by atoms with Crippen molar-refractivity contribution in [2.75, 3.05) is 26.4 Å². The normalized spacial score (nSPS) is 12.2. The number of carbonyl (C=O) groups is 8. The summed E-state index contributed by atoms with van der Waals surface area (Å²) in [7, 11) is 0. The minimum atomic E-state index is -1.67. The Morgan fingerprint density at radius 2 is 0.814 bits per heavy atom. The molecular formula is C59H72F3N11O29. The molecule has 0 unspecified atom stereocenters. The molecular weight excluding hydrogens is 1380 g/mol. The van der Waals surface area contributed by atoms with E-state index in [0.29, 0.717) is 29.2 Å². The Labute approximate surface area is 574 Å². The molecule has 5 rings (SSSR count). The summed E-state index contributed by atoms with van der Waals surface area (Å²) in [6.07, 6.45) is -1.70. The van der Waals surface area contributed by atoms with E-state index in [-0.39, 0.29) is 17.4 Å². The van der Waals surface area contributed by atoms with Crippen LogP contribution in [0.3, 0.4) is 0 Å². The number of rotatable bonds is 25. The summed E-state index contributed by atoms with van der Waals surface area (Å²) >= 11 is 0. The van der Waals surface area contributed by atoms with Crippen molar-refractivity contribution in [3.05, 3.63) is 130 Å². The number of alkyl carbamates (subject to hydrolysis) is 4. The lowest BCUT2D eigenvalue weighted by Gasteiger charge is -2.22. The minimum Gasteiger partial charge on any atom is -0.484 e. The second kappa shape index (κ2) is 37.5. The molecule has 3 aromatic carbocycles. The third-order valence-corrected chi connectivity index (χ3v) is 11.0. The summed E-state index contributed by atoms with van der Waals surface area (Å²) in [5, 5.41) is 96.2. The molecule has 0 saturated heterocycles. The summed E-state index contributed by atoms with van der Waals surface area (Å²) < 4.78 is 85.7. The van der Waals surface area contributed by atoms with E-state index < -0.39 is 193 Å². The average molecular weight is 1460 g/mol. The molecule has 0 bridgehead atoms. The van der Waals surface area contributed by atoms with Crippen LogP contribution < -0.4 is 40.2 Å². The standard InChI is InChI=1S/C17H20N4O8.C15H19FN2O7.C14H16F2N2O7.C13H17N3O7/c1-9-19-20-14(28-9)10-5-6-13(12(7-10)21(25)26)27-8-11(15(22)23)18-16(24)29-17(2,3)4;1-8-5-9(16)12(18(22)23)11(6-8)24-7-10(13(19)20)17-14(21)25-15(2,3)4;1-14(2,3)25-13(21)17-9(12(19)20)6-24-10-5-7(15)4-8(16)11(10)18(22)23;1-13(2,3)23-12(19)15-8(11(17)18)7-22-10-4-5-14-6-9(10)16(20)21/h5-7,11H,8H2,1-4H3,(H,18,24)(H,22,23);5-6,10H,7H2,1-4H3,(H,17,21)(H,19,20);4-5,9H,6H2,1-3H3,(H,17,21)(H,19,20);4-6,8H,7H2,1-3H3,(H,15,19)(H,17,18)/t11-;10-;9-;8-/m0000/s1. The average Bonchev–Trinajstić information content (AvgIpc) is 1.16. The lowest BCUT2D eigenvalue weighted by atomic mass is 10.2. The highest BCUT2D eigenvalue weighted by Crippen LogP contribution is 2.35. The molecule has 4 amide bonds. The highest BCUT2D eigenvalue weighted by molar-refractivity contribution is 5.82. The van der Waals surface area contributed by atoms with Crippen molar-refractivity contribution < 1.29 is 134 Å². The highest BCUT2D eigenvalue weighted by atomic mass is 19.1. The van der Waals surface area contributed by atoms with E-state index in [1.807, 2.05) is 5.32 Å². The molecule has 5 aromatic rings. The second-order valence-corrected chi connectivity index (χ2v) is 24.4. The maximum absolute atomic E-state index is 13.7. The van der Waals surface area contributed by atoms with Crippen molar-refractivity contribution in [3.8, 4) is 34.5 Å². The fourth-order valence-electron chi connectivity index (χ4n) is 6.97. The molecule has 0 radical (unpaired) electrons. The molecule has 2 heterocycles. The van der Waals surface area contributed by atoms with Gasteiger partial charge in [0.1, 0.15) is 60.8 Å². The van der Waals surface area contributed by atoms with Gasteiger partial charge in [-0.25, -0.2) is 42.7 Å². The molecule has 8 N–H and O–H groups in total. The predicted octanol–water partition coefficient (Wildman–Crippen LogP) is 8.29. The summed E-state index contributed by atoms with van der Waals surface area (Å²) in [5.74, 6) is -10.7. The zero-order chi connectivity index (χ0) is 78.1. The van der Waals surface area contributed by atoms with Gasteiger partial charge < -0.3 is 84.0 Å². The number of carbonyl (C=O) groups excluding carboxylic acids is 4. The van der Waals surface area contributed by atoms with Gasteiger partial charge in [0.25, 0.3) is 0 Å². The number of carboxylic acids is 4. The fraction of sp³-hybridized carbons (Fsp3) is 0.441. The van der Waals surface area contributed by atoms with Crippen LogP contribution in [0.4, 0.5) is 55.1 Å². The number of nitro groups is 4. The first kappa shape index (κ1) is 85.6. The number of nitro benzene ring substituents is 3. The Morgan fingerprint density at radius 3 is 1.14 bits per heavy atom. The van der Waals surface area contributed by atoms with Gasteiger partial charge in [-0.05, 0) is 120 Å². The van der Waals surface area contributed by atoms with Gasteiger partial charge in [-0.15, -0.1) is 10.2 Å². The molecule has 0 aliphatic carbocycles. The van der Waals surface area contributed by atoms with Gasteiger partial charge in [-0.3, -0.25) is 45.4 Å². The van der Waals surface area contributed by atoms with Gasteiger partial charge in [0.15, 0.2) is 35.7 Å². The topological polar surface area (TPSA) is 564 Å². The van der Waals surface area contributed by atoms with E-state index in [1.165, 1.54) is 43.5 Å². The van der Waals surface area contributed by atoms with Gasteiger partial charge in [0, 0.05) is 42.9 Å². The monoisotopic (exact) mass is 1460 g/mol. The largest absolute Gasteiger partial charge is 0.484 e. The van der Waals surface area contributed by atoms with Gasteiger partial charge in [-0.1, -0.05) is 0 Å². The first-order valence-corrected chi connectivity index (χ1v) is 29.0. The first-order valence-electron chi connectivity index (χ1n) is 29.0.